The Morgan fingerprint density at radius 2 is 1.71 bits per heavy atom. The predicted molar refractivity (Wildman–Crippen MR) is 146 cm³/mol. The molecule has 9 heteroatoms. The Balaban J connectivity index is 1.31. The summed E-state index contributed by atoms with van der Waals surface area (Å²) in [5, 5.41) is 2.92. The Bertz CT molecular complexity index is 1430. The number of nitrogens with zero attached hydrogens (tertiary/aromatic N) is 4. The number of anilines is 2. The zero-order valence-corrected chi connectivity index (χ0v) is 21.7. The lowest BCUT2D eigenvalue weighted by molar-refractivity contribution is -0.121. The van der Waals surface area contributed by atoms with Crippen molar-refractivity contribution in [3.8, 4) is 22.8 Å². The van der Waals surface area contributed by atoms with Crippen LogP contribution >= 0.6 is 0 Å². The van der Waals surface area contributed by atoms with Crippen molar-refractivity contribution in [2.24, 2.45) is 5.92 Å². The normalized spacial score (nSPS) is 14.2. The zero-order valence-electron chi connectivity index (χ0n) is 21.7. The van der Waals surface area contributed by atoms with E-state index in [9.17, 15) is 14.0 Å². The molecule has 0 unspecified atom stereocenters. The second-order valence-electron chi connectivity index (χ2n) is 9.97. The van der Waals surface area contributed by atoms with E-state index in [-0.39, 0.29) is 29.5 Å². The van der Waals surface area contributed by atoms with Gasteiger partial charge in [-0.25, -0.2) is 14.4 Å². The third-order valence-corrected chi connectivity index (χ3v) is 7.07. The highest BCUT2D eigenvalue weighted by atomic mass is 19.1. The molecule has 0 radical (unpaired) electrons. The van der Waals surface area contributed by atoms with E-state index in [4.69, 9.17) is 0 Å². The van der Waals surface area contributed by atoms with Crippen LogP contribution in [-0.2, 0) is 4.79 Å². The maximum absolute atomic E-state index is 13.5. The molecule has 0 atom stereocenters. The van der Waals surface area contributed by atoms with Gasteiger partial charge in [-0.3, -0.25) is 9.59 Å². The van der Waals surface area contributed by atoms with Crippen molar-refractivity contribution in [3.05, 3.63) is 72.6 Å². The van der Waals surface area contributed by atoms with Crippen molar-refractivity contribution in [2.75, 3.05) is 23.3 Å². The highest BCUT2D eigenvalue weighted by Crippen LogP contribution is 2.32. The number of carbonyl (C=O) groups excluding carboxylic acids is 2. The number of piperidine rings is 1. The number of carbonyl (C=O) groups is 2. The number of nitrogens with one attached hydrogen (secondary N) is 2. The van der Waals surface area contributed by atoms with E-state index in [1.807, 2.05) is 42.7 Å². The fourth-order valence-corrected chi connectivity index (χ4v) is 4.86. The van der Waals surface area contributed by atoms with Crippen molar-refractivity contribution in [1.29, 1.82) is 0 Å². The van der Waals surface area contributed by atoms with Crippen LogP contribution in [0.1, 0.15) is 50.1 Å². The van der Waals surface area contributed by atoms with Crippen LogP contribution in [0.5, 0.6) is 0 Å². The molecule has 0 saturated carbocycles. The Hall–Kier alpha value is -4.27. The first-order valence-electron chi connectivity index (χ1n) is 12.8. The smallest absolute Gasteiger partial charge is 0.273 e. The topological polar surface area (TPSA) is 95.9 Å². The molecule has 1 aliphatic heterocycles. The van der Waals surface area contributed by atoms with Gasteiger partial charge in [0.1, 0.15) is 23.0 Å². The van der Waals surface area contributed by atoms with Gasteiger partial charge in [-0.2, -0.15) is 0 Å². The van der Waals surface area contributed by atoms with Gasteiger partial charge in [-0.15, -0.1) is 0 Å². The van der Waals surface area contributed by atoms with Gasteiger partial charge >= 0.3 is 0 Å². The van der Waals surface area contributed by atoms with Crippen molar-refractivity contribution < 1.29 is 14.0 Å². The molecule has 8 nitrogen and oxygen atoms in total. The number of imidazole rings is 2. The molecule has 196 valence electrons. The number of benzene rings is 2. The van der Waals surface area contributed by atoms with Gasteiger partial charge in [0.25, 0.3) is 5.91 Å². The molecule has 1 aliphatic rings. The Morgan fingerprint density at radius 3 is 2.34 bits per heavy atom. The van der Waals surface area contributed by atoms with Gasteiger partial charge < -0.3 is 19.8 Å². The molecular weight excluding hydrogens is 483 g/mol. The minimum atomic E-state index is -0.318. The van der Waals surface area contributed by atoms with Gasteiger partial charge in [-0.05, 0) is 82.1 Å². The molecule has 1 fully saturated rings. The molecule has 0 spiro atoms. The summed E-state index contributed by atoms with van der Waals surface area (Å²) in [4.78, 5) is 39.1. The second-order valence-corrected chi connectivity index (χ2v) is 9.97. The number of hydrogen-bond acceptors (Lipinski definition) is 5. The second kappa shape index (κ2) is 10.6. The van der Waals surface area contributed by atoms with Crippen LogP contribution in [0.3, 0.4) is 0 Å². The molecule has 3 heterocycles. The highest BCUT2D eigenvalue weighted by molar-refractivity contribution is 6.03. The minimum absolute atomic E-state index is 0.0980. The van der Waals surface area contributed by atoms with Gasteiger partial charge in [0.2, 0.25) is 0 Å². The lowest BCUT2D eigenvalue weighted by atomic mass is 9.93. The van der Waals surface area contributed by atoms with Gasteiger partial charge in [-0.1, -0.05) is 0 Å². The number of halogens is 1. The quantitative estimate of drug-likeness (QED) is 0.329. The third-order valence-electron chi connectivity index (χ3n) is 7.07. The number of Topliss-reactive ketones (excluding diaryl/α,β-unsaturated/α-hetero) is 1. The number of rotatable bonds is 7. The van der Waals surface area contributed by atoms with E-state index in [1.165, 1.54) is 18.3 Å². The summed E-state index contributed by atoms with van der Waals surface area (Å²) >= 11 is 0. The van der Waals surface area contributed by atoms with Crippen LogP contribution in [0, 0.1) is 11.7 Å². The van der Waals surface area contributed by atoms with Crippen LogP contribution in [-0.4, -0.2) is 44.3 Å². The molecule has 38 heavy (non-hydrogen) atoms. The monoisotopic (exact) mass is 514 g/mol. The number of H-pyrrole nitrogens is 1. The van der Waals surface area contributed by atoms with Crippen LogP contribution in [0.25, 0.3) is 22.8 Å². The van der Waals surface area contributed by atoms with Gasteiger partial charge in [0.05, 0.1) is 18.2 Å². The first-order valence-corrected chi connectivity index (χ1v) is 12.8. The number of aromatic amines is 1. The summed E-state index contributed by atoms with van der Waals surface area (Å²) in [6.07, 6.45) is 4.97. The van der Waals surface area contributed by atoms with E-state index < -0.39 is 0 Å². The van der Waals surface area contributed by atoms with E-state index in [0.717, 1.165) is 42.9 Å². The molecule has 0 aliphatic carbocycles. The largest absolute Gasteiger partial charge is 0.371 e. The van der Waals surface area contributed by atoms with Crippen molar-refractivity contribution in [3.63, 3.8) is 0 Å². The molecule has 4 aromatic rings. The first kappa shape index (κ1) is 25.4. The predicted octanol–water partition coefficient (Wildman–Crippen LogP) is 5.72. The van der Waals surface area contributed by atoms with E-state index >= 15 is 0 Å². The van der Waals surface area contributed by atoms with E-state index in [0.29, 0.717) is 22.9 Å². The average molecular weight is 515 g/mol. The molecule has 0 bridgehead atoms. The molecular formula is C29H31FN6O2. The van der Waals surface area contributed by atoms with Crippen LogP contribution in [0.2, 0.25) is 0 Å². The van der Waals surface area contributed by atoms with Crippen molar-refractivity contribution >= 4 is 23.1 Å². The number of hydrogen-bond donors (Lipinski definition) is 2. The van der Waals surface area contributed by atoms with Crippen LogP contribution in [0.15, 0.2) is 61.1 Å². The number of ketones is 1. The molecule has 5 rings (SSSR count). The molecule has 2 N–H and O–H groups in total. The standard InChI is InChI=1S/C29H31FN6O2/c1-18(2)36-17-32-26(21-4-6-22(30)7-5-21)27(36)28-31-16-25(34-28)29(38)33-23-8-10-24(11-9-23)35-14-12-20(13-15-35)19(3)37/h4-11,16-18,20H,12-15H2,1-3H3,(H,31,34)(H,33,38). The lowest BCUT2D eigenvalue weighted by Crippen LogP contribution is -2.35. The Morgan fingerprint density at radius 1 is 1.03 bits per heavy atom. The Kier molecular flexibility index (Phi) is 7.09. The SMILES string of the molecule is CC(=O)C1CCN(c2ccc(NC(=O)c3cnc(-c4c(-c5ccc(F)cc5)ncn4C(C)C)[nH]3)cc2)CC1. The van der Waals surface area contributed by atoms with Crippen molar-refractivity contribution in [2.45, 2.75) is 39.7 Å². The summed E-state index contributed by atoms with van der Waals surface area (Å²) in [7, 11) is 0. The van der Waals surface area contributed by atoms with Gasteiger partial charge in [0.15, 0.2) is 5.82 Å². The fourth-order valence-electron chi connectivity index (χ4n) is 4.86. The minimum Gasteiger partial charge on any atom is -0.371 e. The first-order chi connectivity index (χ1) is 18.3. The maximum Gasteiger partial charge on any atom is 0.273 e. The molecule has 2 aromatic carbocycles. The van der Waals surface area contributed by atoms with Crippen LogP contribution in [0.4, 0.5) is 15.8 Å². The lowest BCUT2D eigenvalue weighted by Gasteiger charge is -2.32. The van der Waals surface area contributed by atoms with Gasteiger partial charge in [0, 0.05) is 42.0 Å². The molecule has 2 aromatic heterocycles. The summed E-state index contributed by atoms with van der Waals surface area (Å²) in [6.45, 7) is 7.43. The van der Waals surface area contributed by atoms with E-state index in [2.05, 4.69) is 25.2 Å². The van der Waals surface area contributed by atoms with E-state index in [1.54, 1.807) is 25.4 Å². The van der Waals surface area contributed by atoms with Crippen LogP contribution < -0.4 is 10.2 Å². The number of amides is 1. The van der Waals surface area contributed by atoms with Crippen molar-refractivity contribution in [1.82, 2.24) is 19.5 Å². The molecule has 1 amide bonds. The summed E-state index contributed by atoms with van der Waals surface area (Å²) in [6, 6.07) is 14.0. The fraction of sp³-hybridized carbons (Fsp3) is 0.310. The molecule has 1 saturated heterocycles. The average Bonchev–Trinajstić information content (AvgIpc) is 3.57. The number of aromatic nitrogens is 4. The third kappa shape index (κ3) is 5.22. The summed E-state index contributed by atoms with van der Waals surface area (Å²) in [5.41, 5.74) is 4.20. The summed E-state index contributed by atoms with van der Waals surface area (Å²) < 4.78 is 15.5. The Labute approximate surface area is 220 Å². The maximum atomic E-state index is 13.5. The summed E-state index contributed by atoms with van der Waals surface area (Å²) in [5.74, 6) is 0.309. The highest BCUT2D eigenvalue weighted by Gasteiger charge is 2.23. The zero-order chi connectivity index (χ0) is 26.8.